The van der Waals surface area contributed by atoms with E-state index in [-0.39, 0.29) is 10.6 Å². The number of rotatable bonds is 3. The molecule has 0 saturated heterocycles. The lowest BCUT2D eigenvalue weighted by Gasteiger charge is -2.11. The first-order chi connectivity index (χ1) is 6.96. The molecule has 0 aliphatic heterocycles. The van der Waals surface area contributed by atoms with E-state index < -0.39 is 22.5 Å². The third kappa shape index (κ3) is 2.92. The molecular formula is C10H9F3OS. The molecule has 0 aliphatic carbocycles. The van der Waals surface area contributed by atoms with Crippen molar-refractivity contribution in [2.75, 3.05) is 5.75 Å². The van der Waals surface area contributed by atoms with Crippen LogP contribution in [-0.4, -0.2) is 9.96 Å². The smallest absolute Gasteiger partial charge is 0.254 e. The lowest BCUT2D eigenvalue weighted by molar-refractivity contribution is -0.139. The fourth-order valence-corrected chi connectivity index (χ4v) is 2.15. The molecule has 0 heterocycles. The van der Waals surface area contributed by atoms with Crippen molar-refractivity contribution in [3.63, 3.8) is 0 Å². The van der Waals surface area contributed by atoms with Crippen molar-refractivity contribution in [2.45, 2.75) is 11.1 Å². The predicted molar refractivity (Wildman–Crippen MR) is 52.9 cm³/mol. The molecule has 0 N–H and O–H groups in total. The van der Waals surface area contributed by atoms with Crippen LogP contribution in [0.2, 0.25) is 0 Å². The van der Waals surface area contributed by atoms with Crippen molar-refractivity contribution in [1.29, 1.82) is 0 Å². The van der Waals surface area contributed by atoms with E-state index in [1.165, 1.54) is 24.3 Å². The SMILES string of the molecule is C=CCS(=O)c1ccccc1C(F)(F)F. The fourth-order valence-electron chi connectivity index (χ4n) is 1.10. The number of hydrogen-bond acceptors (Lipinski definition) is 1. The van der Waals surface area contributed by atoms with Gasteiger partial charge in [-0.1, -0.05) is 18.2 Å². The zero-order valence-corrected chi connectivity index (χ0v) is 8.57. The van der Waals surface area contributed by atoms with Crippen LogP contribution in [0.5, 0.6) is 0 Å². The van der Waals surface area contributed by atoms with E-state index in [1.807, 2.05) is 0 Å². The summed E-state index contributed by atoms with van der Waals surface area (Å²) >= 11 is 0. The Hall–Kier alpha value is -1.10. The van der Waals surface area contributed by atoms with E-state index in [0.29, 0.717) is 0 Å². The molecular weight excluding hydrogens is 225 g/mol. The second kappa shape index (κ2) is 4.61. The molecule has 0 aliphatic rings. The lowest BCUT2D eigenvalue weighted by Crippen LogP contribution is -2.10. The van der Waals surface area contributed by atoms with Crippen molar-refractivity contribution in [3.8, 4) is 0 Å². The third-order valence-electron chi connectivity index (χ3n) is 1.71. The summed E-state index contributed by atoms with van der Waals surface area (Å²) in [6, 6.07) is 4.86. The van der Waals surface area contributed by atoms with Gasteiger partial charge in [0.15, 0.2) is 0 Å². The molecule has 1 unspecified atom stereocenters. The summed E-state index contributed by atoms with van der Waals surface area (Å²) in [4.78, 5) is -0.190. The van der Waals surface area contributed by atoms with Gasteiger partial charge in [0, 0.05) is 5.75 Å². The summed E-state index contributed by atoms with van der Waals surface area (Å²) in [5.41, 5.74) is -0.842. The lowest BCUT2D eigenvalue weighted by atomic mass is 10.2. The molecule has 1 atom stereocenters. The Morgan fingerprint density at radius 3 is 2.47 bits per heavy atom. The van der Waals surface area contributed by atoms with Gasteiger partial charge in [-0.05, 0) is 12.1 Å². The fraction of sp³-hybridized carbons (Fsp3) is 0.200. The van der Waals surface area contributed by atoms with Crippen LogP contribution in [-0.2, 0) is 17.0 Å². The Balaban J connectivity index is 3.18. The zero-order chi connectivity index (χ0) is 11.5. The van der Waals surface area contributed by atoms with Crippen molar-refractivity contribution < 1.29 is 17.4 Å². The van der Waals surface area contributed by atoms with Crippen LogP contribution in [0.1, 0.15) is 5.56 Å². The maximum Gasteiger partial charge on any atom is 0.417 e. The van der Waals surface area contributed by atoms with E-state index in [2.05, 4.69) is 6.58 Å². The third-order valence-corrected chi connectivity index (χ3v) is 3.09. The predicted octanol–water partition coefficient (Wildman–Crippen LogP) is 3.00. The molecule has 0 amide bonds. The molecule has 1 aromatic carbocycles. The van der Waals surface area contributed by atoms with Crippen molar-refractivity contribution in [3.05, 3.63) is 42.5 Å². The van der Waals surface area contributed by atoms with Crippen LogP contribution in [0.15, 0.2) is 41.8 Å². The van der Waals surface area contributed by atoms with Gasteiger partial charge in [-0.3, -0.25) is 4.21 Å². The Labute approximate surface area is 88.1 Å². The molecule has 15 heavy (non-hydrogen) atoms. The summed E-state index contributed by atoms with van der Waals surface area (Å²) in [5.74, 6) is 0.0209. The van der Waals surface area contributed by atoms with E-state index in [9.17, 15) is 17.4 Å². The maximum atomic E-state index is 12.5. The minimum atomic E-state index is -4.46. The molecule has 0 fully saturated rings. The quantitative estimate of drug-likeness (QED) is 0.735. The topological polar surface area (TPSA) is 17.1 Å². The molecule has 0 spiro atoms. The van der Waals surface area contributed by atoms with Crippen LogP contribution >= 0.6 is 0 Å². The Morgan fingerprint density at radius 2 is 1.93 bits per heavy atom. The number of alkyl halides is 3. The van der Waals surface area contributed by atoms with Gasteiger partial charge in [-0.15, -0.1) is 6.58 Å². The van der Waals surface area contributed by atoms with E-state index >= 15 is 0 Å². The second-order valence-electron chi connectivity index (χ2n) is 2.79. The highest BCUT2D eigenvalue weighted by atomic mass is 32.2. The highest BCUT2D eigenvalue weighted by Crippen LogP contribution is 2.33. The highest BCUT2D eigenvalue weighted by molar-refractivity contribution is 7.85. The average Bonchev–Trinajstić information content (AvgIpc) is 2.17. The summed E-state index contributed by atoms with van der Waals surface area (Å²) in [6.07, 6.45) is -3.13. The Morgan fingerprint density at radius 1 is 1.33 bits per heavy atom. The van der Waals surface area contributed by atoms with Gasteiger partial charge >= 0.3 is 6.18 Å². The summed E-state index contributed by atoms with van der Waals surface area (Å²) in [5, 5.41) is 0. The second-order valence-corrected chi connectivity index (χ2v) is 4.26. The first-order valence-electron chi connectivity index (χ1n) is 4.12. The number of benzene rings is 1. The first-order valence-corrected chi connectivity index (χ1v) is 5.44. The van der Waals surface area contributed by atoms with Gasteiger partial charge in [-0.2, -0.15) is 13.2 Å². The van der Waals surface area contributed by atoms with Gasteiger partial charge in [0.1, 0.15) is 0 Å². The normalized spacial score (nSPS) is 13.5. The summed E-state index contributed by atoms with van der Waals surface area (Å²) in [7, 11) is -1.68. The highest BCUT2D eigenvalue weighted by Gasteiger charge is 2.34. The van der Waals surface area contributed by atoms with Gasteiger partial charge < -0.3 is 0 Å². The molecule has 0 radical (unpaired) electrons. The molecule has 1 rings (SSSR count). The van der Waals surface area contributed by atoms with Crippen LogP contribution < -0.4 is 0 Å². The van der Waals surface area contributed by atoms with Crippen molar-refractivity contribution >= 4 is 10.8 Å². The molecule has 5 heteroatoms. The molecule has 0 bridgehead atoms. The summed E-state index contributed by atoms with van der Waals surface area (Å²) < 4.78 is 48.9. The standard InChI is InChI=1S/C10H9F3OS/c1-2-7-15(14)9-6-4-3-5-8(9)10(11,12)13/h2-6H,1,7H2. The van der Waals surface area contributed by atoms with E-state index in [4.69, 9.17) is 0 Å². The monoisotopic (exact) mass is 234 g/mol. The van der Waals surface area contributed by atoms with Crippen LogP contribution in [0.3, 0.4) is 0 Å². The maximum absolute atomic E-state index is 12.5. The van der Waals surface area contributed by atoms with Crippen molar-refractivity contribution in [2.24, 2.45) is 0 Å². The first kappa shape index (κ1) is 12.0. The molecule has 0 saturated carbocycles. The zero-order valence-electron chi connectivity index (χ0n) is 7.75. The minimum absolute atomic E-state index is 0.0209. The van der Waals surface area contributed by atoms with Crippen molar-refractivity contribution in [1.82, 2.24) is 0 Å². The molecule has 1 nitrogen and oxygen atoms in total. The largest absolute Gasteiger partial charge is 0.417 e. The van der Waals surface area contributed by atoms with Gasteiger partial charge in [0.2, 0.25) is 0 Å². The minimum Gasteiger partial charge on any atom is -0.254 e. The number of halogens is 3. The Kier molecular flexibility index (Phi) is 3.68. The molecule has 1 aromatic rings. The van der Waals surface area contributed by atoms with Crippen LogP contribution in [0.4, 0.5) is 13.2 Å². The van der Waals surface area contributed by atoms with Gasteiger partial charge in [-0.25, -0.2) is 0 Å². The van der Waals surface area contributed by atoms with Gasteiger partial charge in [0.05, 0.1) is 21.3 Å². The van der Waals surface area contributed by atoms with E-state index in [1.54, 1.807) is 0 Å². The van der Waals surface area contributed by atoms with Crippen LogP contribution in [0.25, 0.3) is 0 Å². The summed E-state index contributed by atoms with van der Waals surface area (Å²) in [6.45, 7) is 3.34. The van der Waals surface area contributed by atoms with Gasteiger partial charge in [0.25, 0.3) is 0 Å². The van der Waals surface area contributed by atoms with E-state index in [0.717, 1.165) is 6.07 Å². The number of hydrogen-bond donors (Lipinski definition) is 0. The molecule has 82 valence electrons. The average molecular weight is 234 g/mol. The molecule has 0 aromatic heterocycles. The van der Waals surface area contributed by atoms with Crippen LogP contribution in [0, 0.1) is 0 Å². The Bertz CT molecular complexity index is 384.